The number of carbonyl (C=O) groups is 1. The summed E-state index contributed by atoms with van der Waals surface area (Å²) in [4.78, 5) is 11.8. The monoisotopic (exact) mass is 299 g/mol. The number of benzene rings is 1. The van der Waals surface area contributed by atoms with E-state index >= 15 is 0 Å². The quantitative estimate of drug-likeness (QED) is 0.849. The van der Waals surface area contributed by atoms with Crippen molar-refractivity contribution in [1.82, 2.24) is 0 Å². The molecule has 112 valence electrons. The molecule has 1 aromatic carbocycles. The maximum Gasteiger partial charge on any atom is 0.176 e. The zero-order valence-electron chi connectivity index (χ0n) is 12.2. The van der Waals surface area contributed by atoms with Crippen molar-refractivity contribution >= 4 is 18.2 Å². The molecule has 0 spiro atoms. The first-order valence-corrected chi connectivity index (χ1v) is 6.69. The summed E-state index contributed by atoms with van der Waals surface area (Å²) in [5, 5.41) is 0. The molecule has 2 rings (SSSR count). The minimum Gasteiger partial charge on any atom is -0.490 e. The van der Waals surface area contributed by atoms with Crippen LogP contribution in [0.1, 0.15) is 43.1 Å². The van der Waals surface area contributed by atoms with Gasteiger partial charge < -0.3 is 15.2 Å². The summed E-state index contributed by atoms with van der Waals surface area (Å²) in [5.41, 5.74) is 6.81. The number of rotatable bonds is 5. The molecule has 20 heavy (non-hydrogen) atoms. The molecule has 0 radical (unpaired) electrons. The van der Waals surface area contributed by atoms with Crippen LogP contribution in [0.5, 0.6) is 11.5 Å². The Morgan fingerprint density at radius 1 is 1.45 bits per heavy atom. The third kappa shape index (κ3) is 3.44. The second-order valence-corrected chi connectivity index (χ2v) is 5.48. The van der Waals surface area contributed by atoms with Crippen molar-refractivity contribution in [3.05, 3.63) is 23.3 Å². The molecule has 1 heterocycles. The molecule has 2 N–H and O–H groups in total. The Kier molecular flexibility index (Phi) is 5.42. The maximum atomic E-state index is 11.8. The fourth-order valence-electron chi connectivity index (χ4n) is 2.28. The molecule has 0 aliphatic carbocycles. The van der Waals surface area contributed by atoms with Crippen LogP contribution in [0.25, 0.3) is 0 Å². The Morgan fingerprint density at radius 2 is 2.15 bits per heavy atom. The van der Waals surface area contributed by atoms with Crippen molar-refractivity contribution in [3.63, 3.8) is 0 Å². The SMILES string of the molecule is CCCOc1cc(C(=O)CN)cc2c1OC(C)(C)C2.Cl. The van der Waals surface area contributed by atoms with Crippen LogP contribution in [0.15, 0.2) is 12.1 Å². The molecule has 0 amide bonds. The Balaban J connectivity index is 0.00000200. The molecule has 0 saturated heterocycles. The van der Waals surface area contributed by atoms with Gasteiger partial charge in [-0.25, -0.2) is 0 Å². The first-order valence-electron chi connectivity index (χ1n) is 6.69. The second-order valence-electron chi connectivity index (χ2n) is 5.48. The number of ether oxygens (including phenoxy) is 2. The Hall–Kier alpha value is -1.26. The Bertz CT molecular complexity index is 500. The first kappa shape index (κ1) is 16.8. The van der Waals surface area contributed by atoms with Gasteiger partial charge in [0.15, 0.2) is 17.3 Å². The molecule has 5 heteroatoms. The zero-order chi connectivity index (χ0) is 14.0. The van der Waals surface area contributed by atoms with Crippen LogP contribution in [0.3, 0.4) is 0 Å². The number of carbonyl (C=O) groups excluding carboxylic acids is 1. The smallest absolute Gasteiger partial charge is 0.176 e. The summed E-state index contributed by atoms with van der Waals surface area (Å²) in [5.74, 6) is 1.35. The van der Waals surface area contributed by atoms with Crippen LogP contribution >= 0.6 is 12.4 Å². The van der Waals surface area contributed by atoms with Crippen molar-refractivity contribution in [2.45, 2.75) is 39.2 Å². The van der Waals surface area contributed by atoms with Gasteiger partial charge in [-0.2, -0.15) is 0 Å². The topological polar surface area (TPSA) is 61.5 Å². The average molecular weight is 300 g/mol. The summed E-state index contributed by atoms with van der Waals surface area (Å²) in [6.07, 6.45) is 1.68. The van der Waals surface area contributed by atoms with Gasteiger partial charge in [-0.05, 0) is 32.4 Å². The number of hydrogen-bond donors (Lipinski definition) is 1. The van der Waals surface area contributed by atoms with Crippen LogP contribution in [0.2, 0.25) is 0 Å². The van der Waals surface area contributed by atoms with Crippen LogP contribution in [-0.4, -0.2) is 24.5 Å². The van der Waals surface area contributed by atoms with Crippen molar-refractivity contribution in [3.8, 4) is 11.5 Å². The number of nitrogens with two attached hydrogens (primary N) is 1. The van der Waals surface area contributed by atoms with E-state index in [1.54, 1.807) is 6.07 Å². The molecule has 0 atom stereocenters. The van der Waals surface area contributed by atoms with Gasteiger partial charge in [-0.1, -0.05) is 6.92 Å². The number of hydrogen-bond acceptors (Lipinski definition) is 4. The molecule has 0 unspecified atom stereocenters. The molecule has 0 bridgehead atoms. The van der Waals surface area contributed by atoms with E-state index in [1.807, 2.05) is 26.8 Å². The minimum atomic E-state index is -0.253. The Morgan fingerprint density at radius 3 is 2.75 bits per heavy atom. The van der Waals surface area contributed by atoms with E-state index in [2.05, 4.69) is 0 Å². The lowest BCUT2D eigenvalue weighted by Gasteiger charge is -2.18. The average Bonchev–Trinajstić information content (AvgIpc) is 2.68. The molecule has 1 aliphatic rings. The van der Waals surface area contributed by atoms with Gasteiger partial charge in [0.1, 0.15) is 5.60 Å². The van der Waals surface area contributed by atoms with Crippen molar-refractivity contribution in [1.29, 1.82) is 0 Å². The lowest BCUT2D eigenvalue weighted by Crippen LogP contribution is -2.24. The highest BCUT2D eigenvalue weighted by Crippen LogP contribution is 2.42. The minimum absolute atomic E-state index is 0. The van der Waals surface area contributed by atoms with Crippen LogP contribution in [0, 0.1) is 0 Å². The third-order valence-electron chi connectivity index (χ3n) is 3.10. The van der Waals surface area contributed by atoms with Crippen LogP contribution < -0.4 is 15.2 Å². The maximum absolute atomic E-state index is 11.8. The van der Waals surface area contributed by atoms with Crippen LogP contribution in [0.4, 0.5) is 0 Å². The van der Waals surface area contributed by atoms with E-state index in [4.69, 9.17) is 15.2 Å². The van der Waals surface area contributed by atoms with Crippen molar-refractivity contribution < 1.29 is 14.3 Å². The lowest BCUT2D eigenvalue weighted by atomic mass is 9.98. The first-order chi connectivity index (χ1) is 8.96. The molecule has 0 fully saturated rings. The van der Waals surface area contributed by atoms with Gasteiger partial charge in [0.2, 0.25) is 0 Å². The standard InChI is InChI=1S/C15H21NO3.ClH/c1-4-5-18-13-7-10(12(17)9-16)6-11-8-15(2,3)19-14(11)13;/h6-7H,4-5,8-9,16H2,1-3H3;1H. The number of halogens is 1. The molecular formula is C15H22ClNO3. The summed E-state index contributed by atoms with van der Waals surface area (Å²) >= 11 is 0. The number of ketones is 1. The molecule has 0 aromatic heterocycles. The highest BCUT2D eigenvalue weighted by molar-refractivity contribution is 5.98. The summed E-state index contributed by atoms with van der Waals surface area (Å²) in [7, 11) is 0. The number of fused-ring (bicyclic) bond motifs is 1. The van der Waals surface area contributed by atoms with Gasteiger partial charge in [0.25, 0.3) is 0 Å². The third-order valence-corrected chi connectivity index (χ3v) is 3.10. The Labute approximate surface area is 126 Å². The fourth-order valence-corrected chi connectivity index (χ4v) is 2.28. The van der Waals surface area contributed by atoms with Crippen molar-refractivity contribution in [2.24, 2.45) is 5.73 Å². The van der Waals surface area contributed by atoms with E-state index in [0.717, 1.165) is 24.2 Å². The zero-order valence-corrected chi connectivity index (χ0v) is 13.0. The predicted octanol–water partition coefficient (Wildman–Crippen LogP) is 2.75. The summed E-state index contributed by atoms with van der Waals surface area (Å²) in [6, 6.07) is 3.61. The van der Waals surface area contributed by atoms with Gasteiger partial charge in [-0.15, -0.1) is 12.4 Å². The molecule has 0 saturated carbocycles. The van der Waals surface area contributed by atoms with Crippen molar-refractivity contribution in [2.75, 3.05) is 13.2 Å². The normalized spacial score (nSPS) is 15.0. The fraction of sp³-hybridized carbons (Fsp3) is 0.533. The van der Waals surface area contributed by atoms with Gasteiger partial charge in [-0.3, -0.25) is 4.79 Å². The lowest BCUT2D eigenvalue weighted by molar-refractivity contribution is 0.100. The van der Waals surface area contributed by atoms with E-state index < -0.39 is 0 Å². The van der Waals surface area contributed by atoms with E-state index in [0.29, 0.717) is 17.9 Å². The van der Waals surface area contributed by atoms with Gasteiger partial charge in [0.05, 0.1) is 13.2 Å². The van der Waals surface area contributed by atoms with E-state index in [9.17, 15) is 4.79 Å². The second kappa shape index (κ2) is 6.46. The highest BCUT2D eigenvalue weighted by Gasteiger charge is 2.33. The summed E-state index contributed by atoms with van der Waals surface area (Å²) in [6.45, 7) is 6.72. The summed E-state index contributed by atoms with van der Waals surface area (Å²) < 4.78 is 11.6. The van der Waals surface area contributed by atoms with Gasteiger partial charge >= 0.3 is 0 Å². The largest absolute Gasteiger partial charge is 0.490 e. The van der Waals surface area contributed by atoms with E-state index in [-0.39, 0.29) is 30.3 Å². The van der Waals surface area contributed by atoms with Crippen LogP contribution in [-0.2, 0) is 6.42 Å². The predicted molar refractivity (Wildman–Crippen MR) is 81.3 cm³/mol. The van der Waals surface area contributed by atoms with Gasteiger partial charge in [0, 0.05) is 17.5 Å². The molecule has 1 aliphatic heterocycles. The number of Topliss-reactive ketones (excluding diaryl/α,β-unsaturated/α-hetero) is 1. The van der Waals surface area contributed by atoms with E-state index in [1.165, 1.54) is 0 Å². The molecular weight excluding hydrogens is 278 g/mol. The molecule has 4 nitrogen and oxygen atoms in total. The molecule has 1 aromatic rings. The highest BCUT2D eigenvalue weighted by atomic mass is 35.5.